The van der Waals surface area contributed by atoms with Crippen molar-refractivity contribution in [3.8, 4) is 11.5 Å². The molecule has 1 fully saturated rings. The lowest BCUT2D eigenvalue weighted by Gasteiger charge is -2.31. The van der Waals surface area contributed by atoms with Crippen LogP contribution in [0.4, 0.5) is 5.82 Å². The minimum absolute atomic E-state index is 0.322. The molecular formula is C16H20N4O3. The molecule has 1 aliphatic heterocycles. The number of carboxylic acid groups (broad SMARTS) is 1. The number of hydrogen-bond acceptors (Lipinski definition) is 6. The van der Waals surface area contributed by atoms with E-state index in [0.29, 0.717) is 18.3 Å². The Morgan fingerprint density at radius 1 is 1.48 bits per heavy atom. The maximum atomic E-state index is 11.2. The van der Waals surface area contributed by atoms with Crippen molar-refractivity contribution in [1.82, 2.24) is 15.1 Å². The van der Waals surface area contributed by atoms with E-state index in [9.17, 15) is 4.79 Å². The lowest BCUT2D eigenvalue weighted by molar-refractivity contribution is -0.141. The zero-order valence-corrected chi connectivity index (χ0v) is 13.1. The second-order valence-corrected chi connectivity index (χ2v) is 5.79. The third kappa shape index (κ3) is 3.49. The van der Waals surface area contributed by atoms with Crippen LogP contribution in [0, 0.1) is 5.92 Å². The first-order valence-corrected chi connectivity index (χ1v) is 7.94. The quantitative estimate of drug-likeness (QED) is 0.905. The van der Waals surface area contributed by atoms with Crippen molar-refractivity contribution in [2.75, 3.05) is 18.0 Å². The SMILES string of the molecule is CCCc1noc(-c2ccc(N3CCCC(C(=O)O)C3)nc2)n1. The molecule has 122 valence electrons. The van der Waals surface area contributed by atoms with Crippen molar-refractivity contribution in [2.24, 2.45) is 5.92 Å². The standard InChI is InChI=1S/C16H20N4O3/c1-2-4-13-18-15(23-19-13)11-6-7-14(17-9-11)20-8-3-5-12(10-20)16(21)22/h6-7,9,12H,2-5,8,10H2,1H3,(H,21,22). The number of piperidine rings is 1. The molecule has 0 radical (unpaired) electrons. The van der Waals surface area contributed by atoms with E-state index in [4.69, 9.17) is 9.63 Å². The molecule has 7 nitrogen and oxygen atoms in total. The van der Waals surface area contributed by atoms with Gasteiger partial charge in [0.15, 0.2) is 5.82 Å². The third-order valence-corrected chi connectivity index (χ3v) is 4.03. The number of carboxylic acids is 1. The topological polar surface area (TPSA) is 92.4 Å². The van der Waals surface area contributed by atoms with Gasteiger partial charge in [0.1, 0.15) is 5.82 Å². The van der Waals surface area contributed by atoms with Crippen LogP contribution in [-0.2, 0) is 11.2 Å². The number of nitrogens with zero attached hydrogens (tertiary/aromatic N) is 4. The molecule has 2 aromatic rings. The molecule has 3 heterocycles. The average molecular weight is 316 g/mol. The normalized spacial score (nSPS) is 18.1. The highest BCUT2D eigenvalue weighted by molar-refractivity contribution is 5.71. The van der Waals surface area contributed by atoms with Crippen molar-refractivity contribution < 1.29 is 14.4 Å². The third-order valence-electron chi connectivity index (χ3n) is 4.03. The largest absolute Gasteiger partial charge is 0.481 e. The fourth-order valence-electron chi connectivity index (χ4n) is 2.78. The predicted octanol–water partition coefficient (Wildman–Crippen LogP) is 2.39. The molecular weight excluding hydrogens is 296 g/mol. The molecule has 0 bridgehead atoms. The Morgan fingerprint density at radius 3 is 3.04 bits per heavy atom. The van der Waals surface area contributed by atoms with Crippen LogP contribution < -0.4 is 4.90 Å². The average Bonchev–Trinajstić information content (AvgIpc) is 3.04. The van der Waals surface area contributed by atoms with Crippen LogP contribution in [-0.4, -0.2) is 39.3 Å². The van der Waals surface area contributed by atoms with Crippen molar-refractivity contribution in [3.63, 3.8) is 0 Å². The van der Waals surface area contributed by atoms with Gasteiger partial charge in [-0.1, -0.05) is 12.1 Å². The minimum Gasteiger partial charge on any atom is -0.481 e. The first-order chi connectivity index (χ1) is 11.2. The number of aromatic nitrogens is 3. The highest BCUT2D eigenvalue weighted by Gasteiger charge is 2.26. The van der Waals surface area contributed by atoms with Gasteiger partial charge in [0, 0.05) is 25.7 Å². The monoisotopic (exact) mass is 316 g/mol. The lowest BCUT2D eigenvalue weighted by atomic mass is 9.98. The summed E-state index contributed by atoms with van der Waals surface area (Å²) in [7, 11) is 0. The Kier molecular flexibility index (Phi) is 4.55. The molecule has 2 aromatic heterocycles. The summed E-state index contributed by atoms with van der Waals surface area (Å²) in [6.45, 7) is 3.40. The number of anilines is 1. The van der Waals surface area contributed by atoms with E-state index in [1.807, 2.05) is 17.0 Å². The van der Waals surface area contributed by atoms with E-state index < -0.39 is 5.97 Å². The first-order valence-electron chi connectivity index (χ1n) is 7.94. The molecule has 1 unspecified atom stereocenters. The highest BCUT2D eigenvalue weighted by atomic mass is 16.5. The summed E-state index contributed by atoms with van der Waals surface area (Å²) in [5, 5.41) is 13.1. The molecule has 1 N–H and O–H groups in total. The van der Waals surface area contributed by atoms with Crippen LogP contribution in [0.25, 0.3) is 11.5 Å². The number of aryl methyl sites for hydroxylation is 1. The van der Waals surface area contributed by atoms with Crippen LogP contribution in [0.1, 0.15) is 32.0 Å². The fraction of sp³-hybridized carbons (Fsp3) is 0.500. The van der Waals surface area contributed by atoms with E-state index >= 15 is 0 Å². The van der Waals surface area contributed by atoms with Gasteiger partial charge in [-0.25, -0.2) is 4.98 Å². The Bertz CT molecular complexity index is 668. The molecule has 0 aliphatic carbocycles. The molecule has 1 saturated heterocycles. The van der Waals surface area contributed by atoms with Crippen LogP contribution >= 0.6 is 0 Å². The van der Waals surface area contributed by atoms with Gasteiger partial charge in [-0.05, 0) is 31.4 Å². The minimum atomic E-state index is -0.736. The van der Waals surface area contributed by atoms with Crippen LogP contribution in [0.15, 0.2) is 22.9 Å². The predicted molar refractivity (Wildman–Crippen MR) is 84.1 cm³/mol. The summed E-state index contributed by atoms with van der Waals surface area (Å²) in [5.74, 6) is 0.896. The van der Waals surface area contributed by atoms with E-state index in [-0.39, 0.29) is 5.92 Å². The van der Waals surface area contributed by atoms with Gasteiger partial charge in [0.25, 0.3) is 5.89 Å². The number of rotatable bonds is 5. The lowest BCUT2D eigenvalue weighted by Crippen LogP contribution is -2.39. The second kappa shape index (κ2) is 6.76. The summed E-state index contributed by atoms with van der Waals surface area (Å²) in [4.78, 5) is 21.9. The molecule has 1 atom stereocenters. The summed E-state index contributed by atoms with van der Waals surface area (Å²) in [6.07, 6.45) is 5.05. The Labute approximate surface area is 134 Å². The Hall–Kier alpha value is -2.44. The van der Waals surface area contributed by atoms with E-state index in [2.05, 4.69) is 22.0 Å². The fourth-order valence-corrected chi connectivity index (χ4v) is 2.78. The summed E-state index contributed by atoms with van der Waals surface area (Å²) >= 11 is 0. The van der Waals surface area contributed by atoms with Gasteiger partial charge in [-0.3, -0.25) is 4.79 Å². The molecule has 3 rings (SSSR count). The van der Waals surface area contributed by atoms with Gasteiger partial charge in [-0.15, -0.1) is 0 Å². The summed E-state index contributed by atoms with van der Waals surface area (Å²) in [5.41, 5.74) is 0.774. The van der Waals surface area contributed by atoms with E-state index in [0.717, 1.165) is 43.6 Å². The molecule has 23 heavy (non-hydrogen) atoms. The van der Waals surface area contributed by atoms with Crippen LogP contribution in [0.2, 0.25) is 0 Å². The molecule has 7 heteroatoms. The van der Waals surface area contributed by atoms with E-state index in [1.165, 1.54) is 0 Å². The van der Waals surface area contributed by atoms with E-state index in [1.54, 1.807) is 6.20 Å². The maximum Gasteiger partial charge on any atom is 0.308 e. The van der Waals surface area contributed by atoms with Gasteiger partial charge in [0.2, 0.25) is 0 Å². The van der Waals surface area contributed by atoms with Gasteiger partial charge in [-0.2, -0.15) is 4.98 Å². The van der Waals surface area contributed by atoms with Crippen molar-refractivity contribution in [3.05, 3.63) is 24.2 Å². The van der Waals surface area contributed by atoms with Gasteiger partial charge in [0.05, 0.1) is 11.5 Å². The molecule has 0 amide bonds. The zero-order chi connectivity index (χ0) is 16.2. The zero-order valence-electron chi connectivity index (χ0n) is 13.1. The van der Waals surface area contributed by atoms with Crippen molar-refractivity contribution >= 4 is 11.8 Å². The molecule has 0 aromatic carbocycles. The molecule has 1 aliphatic rings. The summed E-state index contributed by atoms with van der Waals surface area (Å²) < 4.78 is 5.24. The Morgan fingerprint density at radius 2 is 2.35 bits per heavy atom. The van der Waals surface area contributed by atoms with Gasteiger partial charge >= 0.3 is 5.97 Å². The smallest absolute Gasteiger partial charge is 0.308 e. The van der Waals surface area contributed by atoms with Gasteiger partial charge < -0.3 is 14.5 Å². The number of pyridine rings is 1. The first kappa shape index (κ1) is 15.5. The van der Waals surface area contributed by atoms with Crippen molar-refractivity contribution in [1.29, 1.82) is 0 Å². The molecule has 0 saturated carbocycles. The van der Waals surface area contributed by atoms with Crippen LogP contribution in [0.5, 0.6) is 0 Å². The maximum absolute atomic E-state index is 11.2. The number of aliphatic carboxylic acids is 1. The number of hydrogen-bond donors (Lipinski definition) is 1. The highest BCUT2D eigenvalue weighted by Crippen LogP contribution is 2.24. The molecule has 0 spiro atoms. The number of carbonyl (C=O) groups is 1. The van der Waals surface area contributed by atoms with Crippen LogP contribution in [0.3, 0.4) is 0 Å². The Balaban J connectivity index is 1.72. The van der Waals surface area contributed by atoms with Crippen molar-refractivity contribution in [2.45, 2.75) is 32.6 Å². The summed E-state index contributed by atoms with van der Waals surface area (Å²) in [6, 6.07) is 3.76. The second-order valence-electron chi connectivity index (χ2n) is 5.79.